The molecule has 0 saturated carbocycles. The molecule has 0 unspecified atom stereocenters. The van der Waals surface area contributed by atoms with E-state index >= 15 is 0 Å². The van der Waals surface area contributed by atoms with Crippen molar-refractivity contribution in [1.29, 1.82) is 0 Å². The Balaban J connectivity index is 4.19. The monoisotopic (exact) mass is 230 g/mol. The third-order valence-corrected chi connectivity index (χ3v) is 2.00. The number of hydrogen-bond acceptors (Lipinski definition) is 5. The van der Waals surface area contributed by atoms with Crippen LogP contribution in [0.25, 0.3) is 0 Å². The first-order valence-electron chi connectivity index (χ1n) is 5.35. The smallest absolute Gasteiger partial charge is 0.316 e. The molecule has 0 aliphatic rings. The van der Waals surface area contributed by atoms with E-state index in [1.165, 1.54) is 6.92 Å². The van der Waals surface area contributed by atoms with Gasteiger partial charge >= 0.3 is 11.9 Å². The van der Waals surface area contributed by atoms with Gasteiger partial charge in [-0.2, -0.15) is 0 Å². The Labute approximate surface area is 95.1 Å². The number of ketones is 1. The second-order valence-corrected chi connectivity index (χ2v) is 3.26. The van der Waals surface area contributed by atoms with Crippen molar-refractivity contribution in [3.8, 4) is 0 Å². The molecular weight excluding hydrogens is 212 g/mol. The molecule has 0 heterocycles. The van der Waals surface area contributed by atoms with Gasteiger partial charge in [-0.05, 0) is 27.2 Å². The number of carbonyl (C=O) groups is 3. The summed E-state index contributed by atoms with van der Waals surface area (Å²) in [6.07, 6.45) is 0.198. The Morgan fingerprint density at radius 3 is 2.06 bits per heavy atom. The molecule has 0 aliphatic carbocycles. The summed E-state index contributed by atoms with van der Waals surface area (Å²) in [5.41, 5.74) is 0. The zero-order valence-electron chi connectivity index (χ0n) is 9.95. The highest BCUT2D eigenvalue weighted by molar-refractivity contribution is 5.98. The Morgan fingerprint density at radius 2 is 1.62 bits per heavy atom. The molecule has 92 valence electrons. The van der Waals surface area contributed by atoms with Gasteiger partial charge in [0.2, 0.25) is 0 Å². The first-order chi connectivity index (χ1) is 7.52. The summed E-state index contributed by atoms with van der Waals surface area (Å²) in [7, 11) is 0. The molecule has 5 heteroatoms. The van der Waals surface area contributed by atoms with Crippen molar-refractivity contribution in [2.45, 2.75) is 33.6 Å². The Kier molecular flexibility index (Phi) is 7.16. The van der Waals surface area contributed by atoms with Crippen LogP contribution in [0.15, 0.2) is 0 Å². The van der Waals surface area contributed by atoms with Crippen LogP contribution in [-0.2, 0) is 23.9 Å². The number of ether oxygens (including phenoxy) is 2. The lowest BCUT2D eigenvalue weighted by atomic mass is 9.99. The molecular formula is C11H18O5. The van der Waals surface area contributed by atoms with Crippen molar-refractivity contribution >= 4 is 17.7 Å². The van der Waals surface area contributed by atoms with Crippen LogP contribution in [0.2, 0.25) is 0 Å². The third kappa shape index (κ3) is 5.48. The zero-order chi connectivity index (χ0) is 12.6. The molecule has 1 atom stereocenters. The van der Waals surface area contributed by atoms with Crippen molar-refractivity contribution in [2.75, 3.05) is 13.2 Å². The molecule has 0 N–H and O–H groups in total. The highest BCUT2D eigenvalue weighted by Gasteiger charge is 2.25. The van der Waals surface area contributed by atoms with Crippen molar-refractivity contribution < 1.29 is 23.9 Å². The minimum absolute atomic E-state index is 0.0525. The van der Waals surface area contributed by atoms with Gasteiger partial charge in [0, 0.05) is 6.42 Å². The summed E-state index contributed by atoms with van der Waals surface area (Å²) in [5, 5.41) is 0. The molecule has 0 amide bonds. The molecule has 0 bridgehead atoms. The number of Topliss-reactive ketones (excluding diaryl/α,β-unsaturated/α-hetero) is 1. The van der Waals surface area contributed by atoms with Gasteiger partial charge in [0.05, 0.1) is 13.2 Å². The topological polar surface area (TPSA) is 69.7 Å². The Morgan fingerprint density at radius 1 is 1.06 bits per heavy atom. The second-order valence-electron chi connectivity index (χ2n) is 3.26. The van der Waals surface area contributed by atoms with E-state index in [1.807, 2.05) is 0 Å². The van der Waals surface area contributed by atoms with E-state index in [1.54, 1.807) is 13.8 Å². The Bertz CT molecular complexity index is 259. The van der Waals surface area contributed by atoms with Gasteiger partial charge in [-0.25, -0.2) is 0 Å². The maximum Gasteiger partial charge on any atom is 0.316 e. The number of rotatable bonds is 7. The Hall–Kier alpha value is -1.39. The summed E-state index contributed by atoms with van der Waals surface area (Å²) >= 11 is 0. The first-order valence-corrected chi connectivity index (χ1v) is 5.35. The van der Waals surface area contributed by atoms with Gasteiger partial charge in [0.25, 0.3) is 0 Å². The van der Waals surface area contributed by atoms with Crippen LogP contribution in [0.4, 0.5) is 0 Å². The van der Waals surface area contributed by atoms with Gasteiger partial charge in [-0.1, -0.05) is 0 Å². The molecule has 0 aromatic heterocycles. The lowest BCUT2D eigenvalue weighted by Crippen LogP contribution is -2.25. The van der Waals surface area contributed by atoms with Crippen LogP contribution in [0.1, 0.15) is 33.6 Å². The van der Waals surface area contributed by atoms with Gasteiger partial charge in [-0.15, -0.1) is 0 Å². The van der Waals surface area contributed by atoms with Crippen molar-refractivity contribution in [1.82, 2.24) is 0 Å². The molecule has 0 aromatic carbocycles. The fraction of sp³-hybridized carbons (Fsp3) is 0.727. The first kappa shape index (κ1) is 14.6. The molecule has 5 nitrogen and oxygen atoms in total. The summed E-state index contributed by atoms with van der Waals surface area (Å²) in [6.45, 7) is 5.20. The maximum absolute atomic E-state index is 11.4. The van der Waals surface area contributed by atoms with Crippen molar-refractivity contribution in [3.05, 3.63) is 0 Å². The lowest BCUT2D eigenvalue weighted by Gasteiger charge is -2.11. The molecule has 0 rings (SSSR count). The number of esters is 2. The lowest BCUT2D eigenvalue weighted by molar-refractivity contribution is -0.152. The normalized spacial score (nSPS) is 11.7. The maximum atomic E-state index is 11.4. The fourth-order valence-electron chi connectivity index (χ4n) is 1.23. The third-order valence-electron chi connectivity index (χ3n) is 2.00. The van der Waals surface area contributed by atoms with E-state index in [-0.39, 0.29) is 25.2 Å². The highest BCUT2D eigenvalue weighted by atomic mass is 16.5. The quantitative estimate of drug-likeness (QED) is 0.484. The molecule has 0 radical (unpaired) electrons. The van der Waals surface area contributed by atoms with Crippen molar-refractivity contribution in [2.24, 2.45) is 5.92 Å². The van der Waals surface area contributed by atoms with E-state index < -0.39 is 17.9 Å². The number of carbonyl (C=O) groups excluding carboxylic acids is 3. The van der Waals surface area contributed by atoms with E-state index in [0.717, 1.165) is 0 Å². The molecule has 0 aliphatic heterocycles. The molecule has 16 heavy (non-hydrogen) atoms. The molecule has 0 saturated heterocycles. The van der Waals surface area contributed by atoms with E-state index in [9.17, 15) is 14.4 Å². The predicted octanol–water partition coefficient (Wildman–Crippen LogP) is 1.10. The van der Waals surface area contributed by atoms with Crippen LogP contribution < -0.4 is 0 Å². The van der Waals surface area contributed by atoms with Gasteiger partial charge in [0.15, 0.2) is 0 Å². The second kappa shape index (κ2) is 7.84. The average Bonchev–Trinajstić information content (AvgIpc) is 2.18. The van der Waals surface area contributed by atoms with E-state index in [0.29, 0.717) is 6.61 Å². The van der Waals surface area contributed by atoms with Crippen molar-refractivity contribution in [3.63, 3.8) is 0 Å². The minimum Gasteiger partial charge on any atom is -0.466 e. The van der Waals surface area contributed by atoms with Crippen LogP contribution in [0.3, 0.4) is 0 Å². The van der Waals surface area contributed by atoms with Crippen LogP contribution in [0.5, 0.6) is 0 Å². The van der Waals surface area contributed by atoms with Gasteiger partial charge < -0.3 is 9.47 Å². The summed E-state index contributed by atoms with van der Waals surface area (Å²) in [5.74, 6) is -2.12. The molecule has 0 spiro atoms. The summed E-state index contributed by atoms with van der Waals surface area (Å²) in [6, 6.07) is 0. The van der Waals surface area contributed by atoms with E-state index in [4.69, 9.17) is 9.47 Å². The standard InChI is InChI=1S/C11H18O5/c1-4-15-10(13)7-6-9(8(3)12)11(14)16-5-2/h9H,4-7H2,1-3H3/t9-/m0/s1. The SMILES string of the molecule is CCOC(=O)CC[C@@H](C(C)=O)C(=O)OCC. The van der Waals surface area contributed by atoms with Crippen LogP contribution >= 0.6 is 0 Å². The fourth-order valence-corrected chi connectivity index (χ4v) is 1.23. The number of hydrogen-bond donors (Lipinski definition) is 0. The summed E-state index contributed by atoms with van der Waals surface area (Å²) in [4.78, 5) is 33.6. The molecule has 0 fully saturated rings. The zero-order valence-corrected chi connectivity index (χ0v) is 9.95. The minimum atomic E-state index is -0.857. The largest absolute Gasteiger partial charge is 0.466 e. The van der Waals surface area contributed by atoms with Gasteiger partial charge in [0.1, 0.15) is 11.7 Å². The highest BCUT2D eigenvalue weighted by Crippen LogP contribution is 2.11. The predicted molar refractivity (Wildman–Crippen MR) is 56.7 cm³/mol. The van der Waals surface area contributed by atoms with Crippen LogP contribution in [0, 0.1) is 5.92 Å². The van der Waals surface area contributed by atoms with Crippen LogP contribution in [-0.4, -0.2) is 30.9 Å². The van der Waals surface area contributed by atoms with Gasteiger partial charge in [-0.3, -0.25) is 14.4 Å². The molecule has 0 aromatic rings. The van der Waals surface area contributed by atoms with E-state index in [2.05, 4.69) is 0 Å². The average molecular weight is 230 g/mol. The summed E-state index contributed by atoms with van der Waals surface area (Å²) < 4.78 is 9.46.